The van der Waals surface area contributed by atoms with Crippen LogP contribution in [-0.2, 0) is 27.3 Å². The highest BCUT2D eigenvalue weighted by molar-refractivity contribution is 7.98. The van der Waals surface area contributed by atoms with Crippen LogP contribution in [0.25, 0.3) is 5.78 Å². The van der Waals surface area contributed by atoms with Gasteiger partial charge in [0.15, 0.2) is 6.61 Å². The standard InChI is InChI=1S/C20H23N5O3S/c1-12-7-5-6-8-15(12)10-21-17(26)11-28-18(27)9-16-13(2)22-19-23-20(29-4)24-25(19)14(16)3/h5-8H,9-11H2,1-4H3,(H,21,26). The van der Waals surface area contributed by atoms with Crippen molar-refractivity contribution in [2.45, 2.75) is 38.9 Å². The molecule has 3 rings (SSSR count). The zero-order valence-electron chi connectivity index (χ0n) is 16.9. The van der Waals surface area contributed by atoms with Gasteiger partial charge in [-0.15, -0.1) is 5.10 Å². The van der Waals surface area contributed by atoms with Gasteiger partial charge in [-0.3, -0.25) is 9.59 Å². The summed E-state index contributed by atoms with van der Waals surface area (Å²) < 4.78 is 6.77. The van der Waals surface area contributed by atoms with Crippen molar-refractivity contribution in [3.63, 3.8) is 0 Å². The molecule has 0 radical (unpaired) electrons. The van der Waals surface area contributed by atoms with Gasteiger partial charge in [0.25, 0.3) is 11.7 Å². The first-order chi connectivity index (χ1) is 13.9. The molecular formula is C20H23N5O3S. The van der Waals surface area contributed by atoms with E-state index in [1.54, 1.807) is 4.52 Å². The molecule has 0 saturated heterocycles. The third kappa shape index (κ3) is 4.92. The molecule has 1 N–H and O–H groups in total. The zero-order valence-corrected chi connectivity index (χ0v) is 17.7. The number of fused-ring (bicyclic) bond motifs is 1. The third-order valence-corrected chi connectivity index (χ3v) is 5.17. The Balaban J connectivity index is 1.58. The second-order valence-electron chi connectivity index (χ2n) is 6.61. The van der Waals surface area contributed by atoms with Crippen LogP contribution in [-0.4, -0.2) is 44.3 Å². The van der Waals surface area contributed by atoms with Crippen molar-refractivity contribution in [2.24, 2.45) is 0 Å². The second kappa shape index (κ2) is 9.04. The van der Waals surface area contributed by atoms with E-state index in [0.717, 1.165) is 22.4 Å². The molecule has 0 saturated carbocycles. The fraction of sp³-hybridized carbons (Fsp3) is 0.350. The van der Waals surface area contributed by atoms with Crippen LogP contribution >= 0.6 is 11.8 Å². The van der Waals surface area contributed by atoms with E-state index in [-0.39, 0.29) is 18.9 Å². The molecule has 9 heteroatoms. The molecule has 0 bridgehead atoms. The van der Waals surface area contributed by atoms with Gasteiger partial charge in [-0.05, 0) is 38.2 Å². The van der Waals surface area contributed by atoms with Crippen LogP contribution in [0.4, 0.5) is 0 Å². The number of rotatable bonds is 7. The lowest BCUT2D eigenvalue weighted by Gasteiger charge is -2.11. The molecule has 0 aliphatic carbocycles. The molecule has 1 aromatic carbocycles. The van der Waals surface area contributed by atoms with Crippen LogP contribution in [0.3, 0.4) is 0 Å². The number of benzene rings is 1. The highest BCUT2D eigenvalue weighted by atomic mass is 32.2. The summed E-state index contributed by atoms with van der Waals surface area (Å²) in [7, 11) is 0. The number of carbonyl (C=O) groups excluding carboxylic acids is 2. The van der Waals surface area contributed by atoms with Crippen LogP contribution in [0, 0.1) is 20.8 Å². The summed E-state index contributed by atoms with van der Waals surface area (Å²) in [5.41, 5.74) is 4.31. The van der Waals surface area contributed by atoms with E-state index in [9.17, 15) is 9.59 Å². The Labute approximate surface area is 173 Å². The molecule has 0 aliphatic heterocycles. The van der Waals surface area contributed by atoms with Crippen LogP contribution in [0.5, 0.6) is 0 Å². The number of nitrogens with zero attached hydrogens (tertiary/aromatic N) is 4. The lowest BCUT2D eigenvalue weighted by Crippen LogP contribution is -2.29. The van der Waals surface area contributed by atoms with Gasteiger partial charge in [0.1, 0.15) is 0 Å². The molecule has 0 fully saturated rings. The number of ether oxygens (including phenoxy) is 1. The summed E-state index contributed by atoms with van der Waals surface area (Å²) in [5, 5.41) is 7.74. The van der Waals surface area contributed by atoms with Gasteiger partial charge in [0.2, 0.25) is 5.16 Å². The summed E-state index contributed by atoms with van der Waals surface area (Å²) in [6.45, 7) is 5.73. The third-order valence-electron chi connectivity index (χ3n) is 4.63. The highest BCUT2D eigenvalue weighted by Crippen LogP contribution is 2.17. The van der Waals surface area contributed by atoms with Crippen molar-refractivity contribution >= 4 is 29.4 Å². The molecule has 2 heterocycles. The first-order valence-electron chi connectivity index (χ1n) is 9.12. The molecule has 29 heavy (non-hydrogen) atoms. The van der Waals surface area contributed by atoms with Crippen molar-refractivity contribution in [1.29, 1.82) is 0 Å². The fourth-order valence-electron chi connectivity index (χ4n) is 2.93. The Morgan fingerprint density at radius 1 is 1.17 bits per heavy atom. The lowest BCUT2D eigenvalue weighted by atomic mass is 10.1. The first-order valence-corrected chi connectivity index (χ1v) is 10.3. The van der Waals surface area contributed by atoms with Gasteiger partial charge in [-0.25, -0.2) is 9.50 Å². The molecule has 152 valence electrons. The predicted molar refractivity (Wildman–Crippen MR) is 110 cm³/mol. The number of amides is 1. The maximum atomic E-state index is 12.3. The molecule has 0 aliphatic rings. The number of hydrogen-bond acceptors (Lipinski definition) is 7. The van der Waals surface area contributed by atoms with Crippen molar-refractivity contribution in [3.05, 3.63) is 52.3 Å². The average Bonchev–Trinajstić information content (AvgIpc) is 3.12. The number of thioether (sulfide) groups is 1. The molecule has 2 aromatic heterocycles. The van der Waals surface area contributed by atoms with Gasteiger partial charge >= 0.3 is 5.97 Å². The molecule has 0 unspecified atom stereocenters. The van der Waals surface area contributed by atoms with E-state index in [2.05, 4.69) is 20.4 Å². The molecule has 3 aromatic rings. The fourth-order valence-corrected chi connectivity index (χ4v) is 3.26. The van der Waals surface area contributed by atoms with Crippen LogP contribution in [0.2, 0.25) is 0 Å². The Morgan fingerprint density at radius 3 is 2.66 bits per heavy atom. The smallest absolute Gasteiger partial charge is 0.310 e. The van der Waals surface area contributed by atoms with Gasteiger partial charge in [-0.1, -0.05) is 36.0 Å². The average molecular weight is 414 g/mol. The Morgan fingerprint density at radius 2 is 1.93 bits per heavy atom. The number of carbonyl (C=O) groups is 2. The van der Waals surface area contributed by atoms with Gasteiger partial charge < -0.3 is 10.1 Å². The minimum Gasteiger partial charge on any atom is -0.455 e. The summed E-state index contributed by atoms with van der Waals surface area (Å²) in [6.07, 6.45) is 1.90. The van der Waals surface area contributed by atoms with E-state index in [0.29, 0.717) is 23.2 Å². The summed E-state index contributed by atoms with van der Waals surface area (Å²) in [5.74, 6) is -0.338. The van der Waals surface area contributed by atoms with E-state index >= 15 is 0 Å². The van der Waals surface area contributed by atoms with Crippen LogP contribution in [0.15, 0.2) is 29.4 Å². The highest BCUT2D eigenvalue weighted by Gasteiger charge is 2.17. The molecular weight excluding hydrogens is 390 g/mol. The minimum absolute atomic E-state index is 0.0140. The maximum absolute atomic E-state index is 12.3. The SMILES string of the molecule is CSc1nc2nc(C)c(CC(=O)OCC(=O)NCc3ccccc3C)c(C)n2n1. The van der Waals surface area contributed by atoms with Crippen molar-refractivity contribution in [1.82, 2.24) is 24.9 Å². The maximum Gasteiger partial charge on any atom is 0.310 e. The Hall–Kier alpha value is -2.94. The van der Waals surface area contributed by atoms with Gasteiger partial charge in [0.05, 0.1) is 6.42 Å². The Bertz CT molecular complexity index is 1060. The second-order valence-corrected chi connectivity index (χ2v) is 7.39. The number of aromatic nitrogens is 4. The van der Waals surface area contributed by atoms with Crippen LogP contribution in [0.1, 0.15) is 28.1 Å². The Kier molecular flexibility index (Phi) is 6.48. The van der Waals surface area contributed by atoms with E-state index in [1.807, 2.05) is 51.3 Å². The number of nitrogens with one attached hydrogen (secondary N) is 1. The number of hydrogen-bond donors (Lipinski definition) is 1. The number of esters is 1. The van der Waals surface area contributed by atoms with Crippen molar-refractivity contribution in [3.8, 4) is 0 Å². The summed E-state index contributed by atoms with van der Waals surface area (Å²) in [6, 6.07) is 7.79. The van der Waals surface area contributed by atoms with Crippen LogP contribution < -0.4 is 5.32 Å². The molecule has 8 nitrogen and oxygen atoms in total. The quantitative estimate of drug-likeness (QED) is 0.468. The summed E-state index contributed by atoms with van der Waals surface area (Å²) >= 11 is 1.42. The normalized spacial score (nSPS) is 10.9. The van der Waals surface area contributed by atoms with Gasteiger partial charge in [-0.2, -0.15) is 4.98 Å². The minimum atomic E-state index is -0.492. The van der Waals surface area contributed by atoms with Crippen molar-refractivity contribution < 1.29 is 14.3 Å². The topological polar surface area (TPSA) is 98.5 Å². The number of aryl methyl sites for hydroxylation is 3. The van der Waals surface area contributed by atoms with E-state index in [4.69, 9.17) is 4.74 Å². The monoisotopic (exact) mass is 413 g/mol. The largest absolute Gasteiger partial charge is 0.455 e. The zero-order chi connectivity index (χ0) is 21.0. The summed E-state index contributed by atoms with van der Waals surface area (Å²) in [4.78, 5) is 33.0. The van der Waals surface area contributed by atoms with E-state index in [1.165, 1.54) is 11.8 Å². The molecule has 0 atom stereocenters. The molecule has 1 amide bonds. The predicted octanol–water partition coefficient (Wildman–Crippen LogP) is 2.17. The molecule has 0 spiro atoms. The van der Waals surface area contributed by atoms with Crippen molar-refractivity contribution in [2.75, 3.05) is 12.9 Å². The van der Waals surface area contributed by atoms with Gasteiger partial charge in [0, 0.05) is 23.5 Å². The first kappa shape index (κ1) is 20.8. The van der Waals surface area contributed by atoms with E-state index < -0.39 is 5.97 Å². The lowest BCUT2D eigenvalue weighted by molar-refractivity contribution is -0.147.